The molecule has 0 aromatic rings. The first-order valence-electron chi connectivity index (χ1n) is 2.53. The van der Waals surface area contributed by atoms with Gasteiger partial charge in [0.1, 0.15) is 6.61 Å². The molecule has 0 amide bonds. The van der Waals surface area contributed by atoms with E-state index in [-0.39, 0.29) is 0 Å². The summed E-state index contributed by atoms with van der Waals surface area (Å²) in [6.07, 6.45) is -6.24. The van der Waals surface area contributed by atoms with E-state index in [4.69, 9.17) is 10.2 Å². The highest BCUT2D eigenvalue weighted by atomic mass is 19.4. The van der Waals surface area contributed by atoms with Crippen molar-refractivity contribution in [3.05, 3.63) is 0 Å². The van der Waals surface area contributed by atoms with Crippen molar-refractivity contribution in [2.75, 3.05) is 6.61 Å². The third kappa shape index (κ3) is 1.63. The molecule has 0 rings (SSSR count). The molecule has 0 aromatic carbocycles. The Balaban J connectivity index is 4.85. The molecule has 0 aliphatic rings. The van der Waals surface area contributed by atoms with E-state index in [0.29, 0.717) is 0 Å². The highest BCUT2D eigenvalue weighted by molar-refractivity contribution is 4.89. The molecule has 0 aliphatic heterocycles. The molecule has 0 bridgehead atoms. The van der Waals surface area contributed by atoms with Crippen molar-refractivity contribution in [3.63, 3.8) is 0 Å². The largest absolute Gasteiger partial charge is 0.459 e. The lowest BCUT2D eigenvalue weighted by atomic mass is 10.1. The Morgan fingerprint density at radius 1 is 0.917 bits per heavy atom. The number of rotatable bonds is 2. The van der Waals surface area contributed by atoms with Crippen LogP contribution in [0.2, 0.25) is 0 Å². The minimum absolute atomic E-state index is 2.33. The van der Waals surface area contributed by atoms with Crippen LogP contribution in [0.15, 0.2) is 0 Å². The van der Waals surface area contributed by atoms with Crippen molar-refractivity contribution < 1.29 is 36.6 Å². The van der Waals surface area contributed by atoms with Gasteiger partial charge in [0.2, 0.25) is 0 Å². The number of aliphatic hydroxyl groups excluding tert-OH is 1. The molecule has 0 saturated heterocycles. The maximum atomic E-state index is 11.9. The summed E-state index contributed by atoms with van der Waals surface area (Å²) in [6, 6.07) is 0. The quantitative estimate of drug-likeness (QED) is 0.645. The average molecular weight is 198 g/mol. The van der Waals surface area contributed by atoms with Crippen molar-refractivity contribution in [2.45, 2.75) is 18.0 Å². The zero-order valence-electron chi connectivity index (χ0n) is 5.37. The van der Waals surface area contributed by atoms with Crippen LogP contribution in [0.3, 0.4) is 0 Å². The van der Waals surface area contributed by atoms with Crippen LogP contribution in [0, 0.1) is 0 Å². The second kappa shape index (κ2) is 2.77. The summed E-state index contributed by atoms with van der Waals surface area (Å²) >= 11 is 0. The van der Waals surface area contributed by atoms with Gasteiger partial charge in [0, 0.05) is 0 Å². The average Bonchev–Trinajstić information content (AvgIpc) is 1.85. The Labute approximate surface area is 62.4 Å². The Morgan fingerprint density at radius 3 is 1.33 bits per heavy atom. The number of alkyl halides is 6. The molecule has 1 unspecified atom stereocenters. The second-order valence-corrected chi connectivity index (χ2v) is 1.99. The molecule has 2 nitrogen and oxygen atoms in total. The van der Waals surface area contributed by atoms with Crippen LogP contribution in [-0.4, -0.2) is 34.8 Å². The van der Waals surface area contributed by atoms with Gasteiger partial charge in [-0.15, -0.1) is 0 Å². The zero-order valence-corrected chi connectivity index (χ0v) is 5.37. The molecule has 0 spiro atoms. The second-order valence-electron chi connectivity index (χ2n) is 1.99. The molecule has 12 heavy (non-hydrogen) atoms. The molecule has 0 aliphatic carbocycles. The van der Waals surface area contributed by atoms with Crippen LogP contribution in [0.1, 0.15) is 0 Å². The Kier molecular flexibility index (Phi) is 2.65. The minimum Gasteiger partial charge on any atom is -0.390 e. The molecule has 0 saturated carbocycles. The van der Waals surface area contributed by atoms with Gasteiger partial charge in [-0.05, 0) is 0 Å². The van der Waals surface area contributed by atoms with Gasteiger partial charge in [-0.1, -0.05) is 0 Å². The summed E-state index contributed by atoms with van der Waals surface area (Å²) in [4.78, 5) is 0. The van der Waals surface area contributed by atoms with Gasteiger partial charge in [0.05, 0.1) is 0 Å². The lowest BCUT2D eigenvalue weighted by Crippen LogP contribution is -2.56. The van der Waals surface area contributed by atoms with Crippen LogP contribution < -0.4 is 0 Å². The molecule has 2 N–H and O–H groups in total. The van der Waals surface area contributed by atoms with Gasteiger partial charge in [-0.3, -0.25) is 0 Å². The fraction of sp³-hybridized carbons (Fsp3) is 1.00. The van der Waals surface area contributed by atoms with Gasteiger partial charge < -0.3 is 10.2 Å². The van der Waals surface area contributed by atoms with E-state index >= 15 is 0 Å². The van der Waals surface area contributed by atoms with Gasteiger partial charge in [-0.2, -0.15) is 22.0 Å². The topological polar surface area (TPSA) is 40.5 Å². The lowest BCUT2D eigenvalue weighted by molar-refractivity contribution is -0.378. The number of hydrogen-bond acceptors (Lipinski definition) is 2. The summed E-state index contributed by atoms with van der Waals surface area (Å²) in [6.45, 7) is -2.33. The van der Waals surface area contributed by atoms with Crippen LogP contribution in [0.25, 0.3) is 0 Å². The smallest absolute Gasteiger partial charge is 0.390 e. The van der Waals surface area contributed by atoms with E-state index in [1.807, 2.05) is 0 Å². The molecular weight excluding hydrogens is 194 g/mol. The van der Waals surface area contributed by atoms with Crippen molar-refractivity contribution in [1.82, 2.24) is 0 Å². The van der Waals surface area contributed by atoms with Crippen molar-refractivity contribution in [1.29, 1.82) is 0 Å². The van der Waals surface area contributed by atoms with Crippen molar-refractivity contribution >= 4 is 0 Å². The molecule has 0 heterocycles. The SMILES string of the molecule is OCC(O)(F)C(F)(F)C(F)(F)F. The highest BCUT2D eigenvalue weighted by Gasteiger charge is 2.71. The van der Waals surface area contributed by atoms with Gasteiger partial charge in [-0.25, -0.2) is 4.39 Å². The van der Waals surface area contributed by atoms with E-state index in [9.17, 15) is 26.3 Å². The predicted molar refractivity (Wildman–Crippen MR) is 24.1 cm³/mol. The molecule has 74 valence electrons. The van der Waals surface area contributed by atoms with E-state index in [2.05, 4.69) is 0 Å². The van der Waals surface area contributed by atoms with Crippen LogP contribution >= 0.6 is 0 Å². The molecule has 0 aromatic heterocycles. The fourth-order valence-corrected chi connectivity index (χ4v) is 0.316. The monoisotopic (exact) mass is 198 g/mol. The summed E-state index contributed by atoms with van der Waals surface area (Å²) in [5, 5.41) is 15.5. The first kappa shape index (κ1) is 11.5. The maximum Gasteiger partial charge on any atom is 0.459 e. The third-order valence-electron chi connectivity index (χ3n) is 1.05. The van der Waals surface area contributed by atoms with Crippen molar-refractivity contribution in [3.8, 4) is 0 Å². The molecule has 0 radical (unpaired) electrons. The molecule has 8 heteroatoms. The summed E-state index contributed by atoms with van der Waals surface area (Å²) in [5.74, 6) is -11.0. The van der Waals surface area contributed by atoms with Crippen LogP contribution in [0.4, 0.5) is 26.3 Å². The highest BCUT2D eigenvalue weighted by Crippen LogP contribution is 2.43. The van der Waals surface area contributed by atoms with Gasteiger partial charge >= 0.3 is 18.0 Å². The fourth-order valence-electron chi connectivity index (χ4n) is 0.316. The maximum absolute atomic E-state index is 11.9. The molecule has 0 fully saturated rings. The number of halogens is 6. The lowest BCUT2D eigenvalue weighted by Gasteiger charge is -2.28. The van der Waals surface area contributed by atoms with Crippen LogP contribution in [-0.2, 0) is 0 Å². The van der Waals surface area contributed by atoms with E-state index in [0.717, 1.165) is 0 Å². The molecular formula is C4H4F6O2. The van der Waals surface area contributed by atoms with E-state index in [1.165, 1.54) is 0 Å². The predicted octanol–water partition coefficient (Wildman–Crippen LogP) is 0.834. The summed E-state index contributed by atoms with van der Waals surface area (Å²) in [7, 11) is 0. The van der Waals surface area contributed by atoms with Gasteiger partial charge in [0.25, 0.3) is 0 Å². The van der Waals surface area contributed by atoms with E-state index < -0.39 is 24.6 Å². The Bertz CT molecular complexity index is 161. The zero-order chi connectivity index (χ0) is 10.2. The summed E-state index contributed by atoms with van der Waals surface area (Å²) in [5.41, 5.74) is 0. The summed E-state index contributed by atoms with van der Waals surface area (Å²) < 4.78 is 69.3. The molecule has 1 atom stereocenters. The Morgan fingerprint density at radius 2 is 1.25 bits per heavy atom. The third-order valence-corrected chi connectivity index (χ3v) is 1.05. The first-order chi connectivity index (χ1) is 5.06. The minimum atomic E-state index is -6.24. The number of hydrogen-bond donors (Lipinski definition) is 2. The Hall–Kier alpha value is -0.500. The van der Waals surface area contributed by atoms with Crippen molar-refractivity contribution in [2.24, 2.45) is 0 Å². The standard InChI is InChI=1S/C4H4F6O2/c5-2(12,1-11)3(6,7)4(8,9)10/h11-12H,1H2. The number of aliphatic hydroxyl groups is 2. The van der Waals surface area contributed by atoms with Crippen LogP contribution in [0.5, 0.6) is 0 Å². The first-order valence-corrected chi connectivity index (χ1v) is 2.53. The van der Waals surface area contributed by atoms with Gasteiger partial charge in [0.15, 0.2) is 0 Å². The normalized spacial score (nSPS) is 19.0. The van der Waals surface area contributed by atoms with E-state index in [1.54, 1.807) is 0 Å².